The molecule has 116 valence electrons. The molecule has 0 bridgehead atoms. The van der Waals surface area contributed by atoms with Crippen molar-refractivity contribution in [2.75, 3.05) is 0 Å². The van der Waals surface area contributed by atoms with Crippen LogP contribution in [0, 0.1) is 17.3 Å². The molecule has 1 nitrogen and oxygen atoms in total. The third-order valence-electron chi connectivity index (χ3n) is 4.51. The molecule has 1 heteroatoms. The Balaban J connectivity index is 2.61. The molecule has 0 amide bonds. The van der Waals surface area contributed by atoms with Crippen LogP contribution in [-0.2, 0) is 0 Å². The summed E-state index contributed by atoms with van der Waals surface area (Å²) in [7, 11) is 0. The van der Waals surface area contributed by atoms with Crippen molar-refractivity contribution in [3.8, 4) is 0 Å². The van der Waals surface area contributed by atoms with E-state index >= 15 is 0 Å². The Morgan fingerprint density at radius 1 is 1.25 bits per heavy atom. The van der Waals surface area contributed by atoms with E-state index in [-0.39, 0.29) is 11.5 Å². The van der Waals surface area contributed by atoms with E-state index in [0.29, 0.717) is 5.92 Å². The largest absolute Gasteiger partial charge is 0.393 e. The van der Waals surface area contributed by atoms with Gasteiger partial charge in [-0.2, -0.15) is 0 Å². The molecule has 0 fully saturated rings. The summed E-state index contributed by atoms with van der Waals surface area (Å²) in [5, 5.41) is 9.92. The van der Waals surface area contributed by atoms with Gasteiger partial charge in [0, 0.05) is 0 Å². The highest BCUT2D eigenvalue weighted by atomic mass is 16.3. The minimum Gasteiger partial charge on any atom is -0.393 e. The summed E-state index contributed by atoms with van der Waals surface area (Å²) >= 11 is 0. The van der Waals surface area contributed by atoms with Crippen molar-refractivity contribution in [1.82, 2.24) is 0 Å². The number of hydrogen-bond donors (Lipinski definition) is 1. The lowest BCUT2D eigenvalue weighted by Gasteiger charge is -2.36. The van der Waals surface area contributed by atoms with E-state index in [1.165, 1.54) is 30.4 Å². The third kappa shape index (κ3) is 5.44. The first-order valence-electron chi connectivity index (χ1n) is 8.29. The summed E-state index contributed by atoms with van der Waals surface area (Å²) in [5.41, 5.74) is 2.91. The lowest BCUT2D eigenvalue weighted by molar-refractivity contribution is 0.116. The molecule has 20 heavy (non-hydrogen) atoms. The molecule has 0 heterocycles. The molecule has 0 spiro atoms. The topological polar surface area (TPSA) is 20.2 Å². The molecule has 1 aliphatic rings. The Kier molecular flexibility index (Phi) is 6.51. The van der Waals surface area contributed by atoms with Crippen LogP contribution >= 0.6 is 0 Å². The minimum atomic E-state index is -0.161. The lowest BCUT2D eigenvalue weighted by atomic mass is 9.71. The number of hydrogen-bond acceptors (Lipinski definition) is 1. The highest BCUT2D eigenvalue weighted by molar-refractivity contribution is 5.33. The standard InChI is InChI=1S/C19H34O/c1-14(2)8-7-9-15(3)10-11-18-16(4)12-17(20)13-19(18,5)6/h10-11,14-15,17,20H,7-9,12-13H2,1-6H3/b11-10+/t15?,17-/m0/s1. The van der Waals surface area contributed by atoms with Crippen molar-refractivity contribution in [2.24, 2.45) is 17.3 Å². The zero-order chi connectivity index (χ0) is 15.3. The molecule has 0 aromatic rings. The van der Waals surface area contributed by atoms with Gasteiger partial charge in [-0.15, -0.1) is 0 Å². The number of allylic oxidation sites excluding steroid dienone is 3. The van der Waals surface area contributed by atoms with E-state index in [2.05, 4.69) is 53.7 Å². The van der Waals surface area contributed by atoms with Crippen LogP contribution in [0.15, 0.2) is 23.3 Å². The van der Waals surface area contributed by atoms with Gasteiger partial charge in [-0.25, -0.2) is 0 Å². The molecule has 1 rings (SSSR count). The second kappa shape index (κ2) is 7.45. The van der Waals surface area contributed by atoms with Crippen LogP contribution < -0.4 is 0 Å². The summed E-state index contributed by atoms with van der Waals surface area (Å²) in [5.74, 6) is 1.46. The molecule has 1 unspecified atom stereocenters. The maximum atomic E-state index is 9.92. The van der Waals surface area contributed by atoms with Crippen LogP contribution in [0.2, 0.25) is 0 Å². The van der Waals surface area contributed by atoms with Crippen LogP contribution in [0.3, 0.4) is 0 Å². The maximum absolute atomic E-state index is 9.92. The molecule has 0 saturated heterocycles. The van der Waals surface area contributed by atoms with Crippen LogP contribution in [0.5, 0.6) is 0 Å². The van der Waals surface area contributed by atoms with Gasteiger partial charge in [0.1, 0.15) is 0 Å². The van der Waals surface area contributed by atoms with Crippen molar-refractivity contribution < 1.29 is 5.11 Å². The summed E-state index contributed by atoms with van der Waals surface area (Å²) in [6.07, 6.45) is 10.2. The molecular weight excluding hydrogens is 244 g/mol. The first kappa shape index (κ1) is 17.5. The van der Waals surface area contributed by atoms with E-state index in [1.807, 2.05) is 0 Å². The molecule has 2 atom stereocenters. The van der Waals surface area contributed by atoms with Gasteiger partial charge in [-0.05, 0) is 49.0 Å². The number of rotatable bonds is 6. The predicted octanol–water partition coefficient (Wildman–Crippen LogP) is 5.50. The van der Waals surface area contributed by atoms with E-state index in [1.54, 1.807) is 0 Å². The van der Waals surface area contributed by atoms with Crippen molar-refractivity contribution in [2.45, 2.75) is 79.8 Å². The Morgan fingerprint density at radius 2 is 1.90 bits per heavy atom. The Hall–Kier alpha value is -0.560. The monoisotopic (exact) mass is 278 g/mol. The fraction of sp³-hybridized carbons (Fsp3) is 0.789. The first-order valence-corrected chi connectivity index (χ1v) is 8.29. The van der Waals surface area contributed by atoms with Gasteiger partial charge in [0.15, 0.2) is 0 Å². The normalized spacial score (nSPS) is 24.7. The van der Waals surface area contributed by atoms with E-state index in [4.69, 9.17) is 0 Å². The SMILES string of the molecule is CC1=C(/C=C/C(C)CCCC(C)C)C(C)(C)C[C@@H](O)C1. The molecule has 0 saturated carbocycles. The summed E-state index contributed by atoms with van der Waals surface area (Å²) in [4.78, 5) is 0. The summed E-state index contributed by atoms with van der Waals surface area (Å²) in [6.45, 7) is 13.6. The zero-order valence-corrected chi connectivity index (χ0v) is 14.4. The van der Waals surface area contributed by atoms with Gasteiger partial charge in [-0.3, -0.25) is 0 Å². The average Bonchev–Trinajstić information content (AvgIpc) is 2.25. The highest BCUT2D eigenvalue weighted by Crippen LogP contribution is 2.41. The quantitative estimate of drug-likeness (QED) is 0.680. The average molecular weight is 278 g/mol. The van der Waals surface area contributed by atoms with E-state index in [9.17, 15) is 5.11 Å². The molecule has 0 radical (unpaired) electrons. The number of aliphatic hydroxyl groups excluding tert-OH is 1. The van der Waals surface area contributed by atoms with Crippen LogP contribution in [0.25, 0.3) is 0 Å². The second-order valence-electron chi connectivity index (χ2n) is 7.80. The third-order valence-corrected chi connectivity index (χ3v) is 4.51. The van der Waals surface area contributed by atoms with Gasteiger partial charge >= 0.3 is 0 Å². The molecule has 1 N–H and O–H groups in total. The minimum absolute atomic E-state index is 0.107. The molecule has 0 aromatic carbocycles. The highest BCUT2D eigenvalue weighted by Gasteiger charge is 2.31. The molecule has 0 aliphatic heterocycles. The Morgan fingerprint density at radius 3 is 2.45 bits per heavy atom. The summed E-state index contributed by atoms with van der Waals surface area (Å²) < 4.78 is 0. The fourth-order valence-electron chi connectivity index (χ4n) is 3.38. The van der Waals surface area contributed by atoms with Gasteiger partial charge in [0.2, 0.25) is 0 Å². The van der Waals surface area contributed by atoms with Crippen LogP contribution in [-0.4, -0.2) is 11.2 Å². The Bertz CT molecular complexity index is 360. The van der Waals surface area contributed by atoms with Gasteiger partial charge < -0.3 is 5.11 Å². The maximum Gasteiger partial charge on any atom is 0.0585 e. The lowest BCUT2D eigenvalue weighted by Crippen LogP contribution is -2.28. The second-order valence-corrected chi connectivity index (χ2v) is 7.80. The van der Waals surface area contributed by atoms with Crippen LogP contribution in [0.1, 0.15) is 73.6 Å². The van der Waals surface area contributed by atoms with Crippen LogP contribution in [0.4, 0.5) is 0 Å². The number of aliphatic hydroxyl groups is 1. The van der Waals surface area contributed by atoms with Crippen molar-refractivity contribution >= 4 is 0 Å². The first-order chi connectivity index (χ1) is 9.22. The molecule has 1 aliphatic carbocycles. The fourth-order valence-corrected chi connectivity index (χ4v) is 3.38. The smallest absolute Gasteiger partial charge is 0.0585 e. The van der Waals surface area contributed by atoms with Gasteiger partial charge in [0.05, 0.1) is 6.10 Å². The van der Waals surface area contributed by atoms with E-state index < -0.39 is 0 Å². The van der Waals surface area contributed by atoms with Crippen molar-refractivity contribution in [3.63, 3.8) is 0 Å². The molecular formula is C19H34O. The van der Waals surface area contributed by atoms with Gasteiger partial charge in [-0.1, -0.05) is 65.2 Å². The van der Waals surface area contributed by atoms with Crippen molar-refractivity contribution in [3.05, 3.63) is 23.3 Å². The summed E-state index contributed by atoms with van der Waals surface area (Å²) in [6, 6.07) is 0. The predicted molar refractivity (Wildman–Crippen MR) is 88.7 cm³/mol. The van der Waals surface area contributed by atoms with E-state index in [0.717, 1.165) is 18.8 Å². The van der Waals surface area contributed by atoms with Gasteiger partial charge in [0.25, 0.3) is 0 Å². The van der Waals surface area contributed by atoms with Crippen molar-refractivity contribution in [1.29, 1.82) is 0 Å². The zero-order valence-electron chi connectivity index (χ0n) is 14.4. The Labute approximate surface area is 126 Å². The molecule has 0 aromatic heterocycles.